The minimum atomic E-state index is -0.622. The number of benzene rings is 1. The lowest BCUT2D eigenvalue weighted by atomic mass is 10.1. The quantitative estimate of drug-likeness (QED) is 0.644. The molecule has 0 spiro atoms. The summed E-state index contributed by atoms with van der Waals surface area (Å²) in [5.41, 5.74) is 7.19. The summed E-state index contributed by atoms with van der Waals surface area (Å²) in [6.07, 6.45) is 0. The van der Waals surface area contributed by atoms with Crippen molar-refractivity contribution >= 4 is 45.8 Å². The second kappa shape index (κ2) is 10.6. The van der Waals surface area contributed by atoms with E-state index in [1.165, 1.54) is 0 Å². The van der Waals surface area contributed by atoms with Crippen molar-refractivity contribution in [2.45, 2.75) is 26.5 Å². The molecule has 0 bridgehead atoms. The zero-order chi connectivity index (χ0) is 16.7. The number of ether oxygens (including phenoxy) is 1. The number of hydrogen-bond donors (Lipinski definition) is 3. The molecule has 0 aromatic heterocycles. The Hall–Kier alpha value is -1.15. The lowest BCUT2D eigenvalue weighted by molar-refractivity contribution is -0.125. The lowest BCUT2D eigenvalue weighted by Crippen LogP contribution is -2.46. The van der Waals surface area contributed by atoms with Gasteiger partial charge < -0.3 is 21.1 Å². The van der Waals surface area contributed by atoms with Crippen LogP contribution in [0, 0.1) is 5.92 Å². The van der Waals surface area contributed by atoms with E-state index >= 15 is 0 Å². The van der Waals surface area contributed by atoms with Gasteiger partial charge in [-0.05, 0) is 18.1 Å². The van der Waals surface area contributed by atoms with Crippen molar-refractivity contribution in [3.63, 3.8) is 0 Å². The number of carbonyl (C=O) groups excluding carboxylic acids is 2. The summed E-state index contributed by atoms with van der Waals surface area (Å²) >= 11 is 3.42. The second-order valence-corrected chi connectivity index (χ2v) is 6.09. The molecule has 6 nitrogen and oxygen atoms in total. The minimum Gasteiger partial charge on any atom is -0.380 e. The molecule has 0 unspecified atom stereocenters. The fraction of sp³-hybridized carbons (Fsp3) is 0.467. The van der Waals surface area contributed by atoms with Crippen molar-refractivity contribution in [1.82, 2.24) is 5.32 Å². The Morgan fingerprint density at radius 3 is 2.57 bits per heavy atom. The predicted octanol–water partition coefficient (Wildman–Crippen LogP) is 2.06. The van der Waals surface area contributed by atoms with Crippen LogP contribution in [0.5, 0.6) is 0 Å². The number of anilines is 1. The van der Waals surface area contributed by atoms with Crippen LogP contribution in [0.15, 0.2) is 22.7 Å². The van der Waals surface area contributed by atoms with Crippen molar-refractivity contribution in [2.75, 3.05) is 19.0 Å². The molecule has 0 fully saturated rings. The van der Waals surface area contributed by atoms with E-state index in [0.29, 0.717) is 12.3 Å². The first-order valence-electron chi connectivity index (χ1n) is 6.96. The standard InChI is InChI=1S/C15H22BrN3O3.ClH/c1-9(2)14(17)15(21)18-7-13(20)19-12-6-4-5-11(16)10(12)8-22-3;/h4-6,9,14H,7-8,17H2,1-3H3,(H,18,21)(H,19,20);1H/t14-;/m0./s1. The van der Waals surface area contributed by atoms with Crippen molar-refractivity contribution in [2.24, 2.45) is 11.7 Å². The summed E-state index contributed by atoms with van der Waals surface area (Å²) in [5, 5.41) is 5.29. The number of nitrogens with one attached hydrogen (secondary N) is 2. The lowest BCUT2D eigenvalue weighted by Gasteiger charge is -2.16. The highest BCUT2D eigenvalue weighted by atomic mass is 79.9. The molecule has 0 aliphatic carbocycles. The van der Waals surface area contributed by atoms with Gasteiger partial charge in [-0.1, -0.05) is 35.8 Å². The normalized spacial score (nSPS) is 11.6. The van der Waals surface area contributed by atoms with Gasteiger partial charge in [0.2, 0.25) is 11.8 Å². The molecule has 4 N–H and O–H groups in total. The van der Waals surface area contributed by atoms with E-state index in [9.17, 15) is 9.59 Å². The molecular formula is C15H23BrClN3O3. The maximum absolute atomic E-state index is 12.0. The van der Waals surface area contributed by atoms with Gasteiger partial charge in [-0.15, -0.1) is 12.4 Å². The Labute approximate surface area is 151 Å². The van der Waals surface area contributed by atoms with Gasteiger partial charge in [0.15, 0.2) is 0 Å². The van der Waals surface area contributed by atoms with Crippen LogP contribution in [0.4, 0.5) is 5.69 Å². The number of hydrogen-bond acceptors (Lipinski definition) is 4. The highest BCUT2D eigenvalue weighted by molar-refractivity contribution is 9.10. The molecule has 1 aromatic carbocycles. The summed E-state index contributed by atoms with van der Waals surface area (Å²) in [5.74, 6) is -0.641. The molecule has 0 heterocycles. The fourth-order valence-corrected chi connectivity index (χ4v) is 2.23. The van der Waals surface area contributed by atoms with E-state index in [2.05, 4.69) is 26.6 Å². The third kappa shape index (κ3) is 6.87. The molecule has 130 valence electrons. The largest absolute Gasteiger partial charge is 0.380 e. The summed E-state index contributed by atoms with van der Waals surface area (Å²) in [4.78, 5) is 23.7. The monoisotopic (exact) mass is 407 g/mol. The number of nitrogens with two attached hydrogens (primary N) is 1. The van der Waals surface area contributed by atoms with Gasteiger partial charge in [-0.2, -0.15) is 0 Å². The molecule has 0 radical (unpaired) electrons. The Balaban J connectivity index is 0.00000484. The number of halogens is 2. The molecule has 0 aliphatic rings. The molecule has 0 saturated heterocycles. The van der Waals surface area contributed by atoms with Crippen LogP contribution in [-0.2, 0) is 20.9 Å². The molecule has 0 saturated carbocycles. The maximum atomic E-state index is 12.0. The summed E-state index contributed by atoms with van der Waals surface area (Å²) in [6.45, 7) is 3.94. The van der Waals surface area contributed by atoms with E-state index in [1.807, 2.05) is 26.0 Å². The van der Waals surface area contributed by atoms with Crippen LogP contribution in [0.3, 0.4) is 0 Å². The maximum Gasteiger partial charge on any atom is 0.243 e. The SMILES string of the molecule is COCc1c(Br)cccc1NC(=O)CNC(=O)[C@@H](N)C(C)C.Cl. The molecule has 1 rings (SSSR count). The predicted molar refractivity (Wildman–Crippen MR) is 96.6 cm³/mol. The molecule has 8 heteroatoms. The van der Waals surface area contributed by atoms with Crippen LogP contribution in [0.1, 0.15) is 19.4 Å². The fourth-order valence-electron chi connectivity index (χ4n) is 1.75. The topological polar surface area (TPSA) is 93.5 Å². The summed E-state index contributed by atoms with van der Waals surface area (Å²) in [6, 6.07) is 4.83. The molecular weight excluding hydrogens is 386 g/mol. The molecule has 2 amide bonds. The van der Waals surface area contributed by atoms with E-state index in [4.69, 9.17) is 10.5 Å². The molecule has 1 atom stereocenters. The average molecular weight is 409 g/mol. The van der Waals surface area contributed by atoms with Gasteiger partial charge >= 0.3 is 0 Å². The van der Waals surface area contributed by atoms with Crippen molar-refractivity contribution in [1.29, 1.82) is 0 Å². The van der Waals surface area contributed by atoms with Crippen molar-refractivity contribution in [3.8, 4) is 0 Å². The summed E-state index contributed by atoms with van der Waals surface area (Å²) < 4.78 is 5.96. The van der Waals surface area contributed by atoms with Crippen LogP contribution in [0.2, 0.25) is 0 Å². The van der Waals surface area contributed by atoms with Gasteiger partial charge in [0.25, 0.3) is 0 Å². The van der Waals surface area contributed by atoms with Gasteiger partial charge in [-0.25, -0.2) is 0 Å². The zero-order valence-electron chi connectivity index (χ0n) is 13.4. The number of amides is 2. The van der Waals surface area contributed by atoms with E-state index in [1.54, 1.807) is 13.2 Å². The first kappa shape index (κ1) is 21.9. The third-order valence-corrected chi connectivity index (χ3v) is 3.87. The van der Waals surface area contributed by atoms with E-state index in [-0.39, 0.29) is 36.7 Å². The first-order valence-corrected chi connectivity index (χ1v) is 7.75. The van der Waals surface area contributed by atoms with Gasteiger partial charge in [0, 0.05) is 22.8 Å². The number of methoxy groups -OCH3 is 1. The van der Waals surface area contributed by atoms with Gasteiger partial charge in [0.1, 0.15) is 0 Å². The Morgan fingerprint density at radius 1 is 1.35 bits per heavy atom. The van der Waals surface area contributed by atoms with Gasteiger partial charge in [0.05, 0.1) is 19.2 Å². The van der Waals surface area contributed by atoms with Crippen LogP contribution < -0.4 is 16.4 Å². The van der Waals surface area contributed by atoms with Crippen molar-refractivity contribution in [3.05, 3.63) is 28.2 Å². The first-order chi connectivity index (χ1) is 10.4. The van der Waals surface area contributed by atoms with Crippen molar-refractivity contribution < 1.29 is 14.3 Å². The molecule has 23 heavy (non-hydrogen) atoms. The Kier molecular flexibility index (Phi) is 10.1. The highest BCUT2D eigenvalue weighted by Gasteiger charge is 2.18. The smallest absolute Gasteiger partial charge is 0.243 e. The number of rotatable bonds is 7. The minimum absolute atomic E-state index is 0. The Morgan fingerprint density at radius 2 is 2.00 bits per heavy atom. The van der Waals surface area contributed by atoms with E-state index < -0.39 is 6.04 Å². The molecule has 0 aliphatic heterocycles. The third-order valence-electron chi connectivity index (χ3n) is 3.13. The second-order valence-electron chi connectivity index (χ2n) is 5.23. The highest BCUT2D eigenvalue weighted by Crippen LogP contribution is 2.25. The van der Waals surface area contributed by atoms with Crippen LogP contribution in [0.25, 0.3) is 0 Å². The van der Waals surface area contributed by atoms with E-state index in [0.717, 1.165) is 10.0 Å². The van der Waals surface area contributed by atoms with Crippen LogP contribution in [-0.4, -0.2) is 31.5 Å². The average Bonchev–Trinajstić information content (AvgIpc) is 2.47. The summed E-state index contributed by atoms with van der Waals surface area (Å²) in [7, 11) is 1.58. The van der Waals surface area contributed by atoms with Crippen LogP contribution >= 0.6 is 28.3 Å². The van der Waals surface area contributed by atoms with Gasteiger partial charge in [-0.3, -0.25) is 9.59 Å². The number of carbonyl (C=O) groups is 2. The molecule has 1 aromatic rings. The zero-order valence-corrected chi connectivity index (χ0v) is 15.8. The Bertz CT molecular complexity index is 541.